The third kappa shape index (κ3) is 2.74. The molecule has 1 aromatic rings. The molecule has 90 valence electrons. The summed E-state index contributed by atoms with van der Waals surface area (Å²) in [4.78, 5) is 0. The number of hydrogen-bond acceptors (Lipinski definition) is 5. The number of nitrogens with zero attached hydrogens (tertiary/aromatic N) is 2. The molecule has 1 aliphatic rings. The van der Waals surface area contributed by atoms with Crippen LogP contribution in [0.2, 0.25) is 0 Å². The number of rotatable bonds is 4. The van der Waals surface area contributed by atoms with Crippen LogP contribution in [0.1, 0.15) is 18.5 Å². The lowest BCUT2D eigenvalue weighted by Crippen LogP contribution is -2.37. The summed E-state index contributed by atoms with van der Waals surface area (Å²) in [6, 6.07) is 0.220. The van der Waals surface area contributed by atoms with E-state index < -0.39 is 0 Å². The molecule has 16 heavy (non-hydrogen) atoms. The minimum absolute atomic E-state index is 0.220. The van der Waals surface area contributed by atoms with Crippen LogP contribution >= 0.6 is 23.5 Å². The largest absolute Gasteiger partial charge is 0.273 e. The first kappa shape index (κ1) is 12.3. The lowest BCUT2D eigenvalue weighted by Gasteiger charge is -2.28. The summed E-state index contributed by atoms with van der Waals surface area (Å²) in [5, 5.41) is 4.86. The molecule has 0 aliphatic carbocycles. The third-order valence-electron chi connectivity index (χ3n) is 2.73. The van der Waals surface area contributed by atoms with Crippen molar-refractivity contribution in [2.75, 3.05) is 17.3 Å². The van der Waals surface area contributed by atoms with E-state index in [0.717, 1.165) is 12.3 Å². The minimum Gasteiger partial charge on any atom is -0.273 e. The van der Waals surface area contributed by atoms with Gasteiger partial charge in [0.05, 0.1) is 12.2 Å². The normalized spacial score (nSPS) is 23.2. The van der Waals surface area contributed by atoms with Gasteiger partial charge < -0.3 is 0 Å². The molecule has 2 rings (SSSR count). The molecule has 4 nitrogen and oxygen atoms in total. The van der Waals surface area contributed by atoms with Crippen molar-refractivity contribution in [3.8, 4) is 0 Å². The van der Waals surface area contributed by atoms with E-state index in [4.69, 9.17) is 5.84 Å². The van der Waals surface area contributed by atoms with Crippen LogP contribution in [0.25, 0.3) is 0 Å². The standard InChI is InChI=1S/C10H18N4S2/c1-2-14-6-8(5-12-14)10(13-11)9-7-15-3-4-16-9/h5-6,9-10,13H,2-4,7,11H2,1H3. The third-order valence-corrected chi connectivity index (χ3v) is 5.59. The maximum absolute atomic E-state index is 5.68. The number of thioether (sulfide) groups is 2. The summed E-state index contributed by atoms with van der Waals surface area (Å²) in [6.07, 6.45) is 4.01. The molecule has 1 saturated heterocycles. The van der Waals surface area contributed by atoms with E-state index >= 15 is 0 Å². The van der Waals surface area contributed by atoms with Crippen molar-refractivity contribution in [2.45, 2.75) is 24.8 Å². The quantitative estimate of drug-likeness (QED) is 0.629. The molecule has 2 unspecified atom stereocenters. The summed E-state index contributed by atoms with van der Waals surface area (Å²) >= 11 is 4.02. The Kier molecular flexibility index (Phi) is 4.57. The summed E-state index contributed by atoms with van der Waals surface area (Å²) < 4.78 is 1.94. The first-order valence-corrected chi connectivity index (χ1v) is 7.73. The fraction of sp³-hybridized carbons (Fsp3) is 0.700. The van der Waals surface area contributed by atoms with E-state index in [1.807, 2.05) is 34.4 Å². The smallest absolute Gasteiger partial charge is 0.0617 e. The highest BCUT2D eigenvalue weighted by Gasteiger charge is 2.25. The highest BCUT2D eigenvalue weighted by atomic mass is 32.2. The zero-order valence-electron chi connectivity index (χ0n) is 9.43. The van der Waals surface area contributed by atoms with E-state index in [0.29, 0.717) is 5.25 Å². The Morgan fingerprint density at radius 1 is 1.69 bits per heavy atom. The van der Waals surface area contributed by atoms with Crippen molar-refractivity contribution in [2.24, 2.45) is 5.84 Å². The maximum Gasteiger partial charge on any atom is 0.0617 e. The van der Waals surface area contributed by atoms with Gasteiger partial charge in [0.25, 0.3) is 0 Å². The highest BCUT2D eigenvalue weighted by Crippen LogP contribution is 2.32. The van der Waals surface area contributed by atoms with Crippen LogP contribution in [0.5, 0.6) is 0 Å². The van der Waals surface area contributed by atoms with E-state index in [9.17, 15) is 0 Å². The first-order chi connectivity index (χ1) is 7.85. The number of aryl methyl sites for hydroxylation is 1. The van der Waals surface area contributed by atoms with Crippen LogP contribution in [0, 0.1) is 0 Å². The Hall–Kier alpha value is -0.170. The van der Waals surface area contributed by atoms with Crippen molar-refractivity contribution in [3.63, 3.8) is 0 Å². The van der Waals surface area contributed by atoms with Gasteiger partial charge in [-0.2, -0.15) is 28.6 Å². The fourth-order valence-corrected chi connectivity index (χ4v) is 4.68. The fourth-order valence-electron chi connectivity index (χ4n) is 1.83. The van der Waals surface area contributed by atoms with Crippen LogP contribution in [-0.2, 0) is 6.54 Å². The van der Waals surface area contributed by atoms with Crippen molar-refractivity contribution >= 4 is 23.5 Å². The summed E-state index contributed by atoms with van der Waals surface area (Å²) in [6.45, 7) is 3.00. The molecule has 0 spiro atoms. The van der Waals surface area contributed by atoms with Crippen LogP contribution in [0.15, 0.2) is 12.4 Å². The predicted octanol–water partition coefficient (Wildman–Crippen LogP) is 1.26. The molecular weight excluding hydrogens is 240 g/mol. The van der Waals surface area contributed by atoms with Crippen LogP contribution < -0.4 is 11.3 Å². The van der Waals surface area contributed by atoms with Crippen LogP contribution in [0.4, 0.5) is 0 Å². The van der Waals surface area contributed by atoms with Crippen molar-refractivity contribution in [3.05, 3.63) is 18.0 Å². The molecule has 1 fully saturated rings. The van der Waals surface area contributed by atoms with Gasteiger partial charge >= 0.3 is 0 Å². The summed E-state index contributed by atoms with van der Waals surface area (Å²) in [5.41, 5.74) is 4.14. The van der Waals surface area contributed by atoms with E-state index in [1.165, 1.54) is 17.1 Å². The molecular formula is C10H18N4S2. The molecule has 1 aliphatic heterocycles. The van der Waals surface area contributed by atoms with Gasteiger partial charge in [-0.1, -0.05) is 0 Å². The van der Waals surface area contributed by atoms with Crippen LogP contribution in [-0.4, -0.2) is 32.3 Å². The second-order valence-electron chi connectivity index (χ2n) is 3.76. The lowest BCUT2D eigenvalue weighted by atomic mass is 10.1. The molecule has 2 heterocycles. The van der Waals surface area contributed by atoms with Gasteiger partial charge in [0, 0.05) is 40.8 Å². The highest BCUT2D eigenvalue weighted by molar-refractivity contribution is 8.06. The monoisotopic (exact) mass is 258 g/mol. The Morgan fingerprint density at radius 2 is 2.56 bits per heavy atom. The Balaban J connectivity index is 2.08. The summed E-state index contributed by atoms with van der Waals surface area (Å²) in [7, 11) is 0. The zero-order valence-corrected chi connectivity index (χ0v) is 11.1. The Morgan fingerprint density at radius 3 is 3.12 bits per heavy atom. The molecule has 0 amide bonds. The topological polar surface area (TPSA) is 55.9 Å². The number of aromatic nitrogens is 2. The molecule has 1 aromatic heterocycles. The number of hydrazine groups is 1. The number of hydrogen-bond donors (Lipinski definition) is 2. The van der Waals surface area contributed by atoms with Crippen molar-refractivity contribution in [1.82, 2.24) is 15.2 Å². The van der Waals surface area contributed by atoms with E-state index in [-0.39, 0.29) is 6.04 Å². The van der Waals surface area contributed by atoms with Crippen LogP contribution in [0.3, 0.4) is 0 Å². The van der Waals surface area contributed by atoms with Crippen molar-refractivity contribution < 1.29 is 0 Å². The Bertz CT molecular complexity index is 322. The second-order valence-corrected chi connectivity index (χ2v) is 6.25. The Labute approximate surface area is 105 Å². The van der Waals surface area contributed by atoms with Gasteiger partial charge in [0.15, 0.2) is 0 Å². The molecule has 0 radical (unpaired) electrons. The number of nitrogens with two attached hydrogens (primary N) is 1. The zero-order chi connectivity index (χ0) is 11.4. The summed E-state index contributed by atoms with van der Waals surface area (Å²) in [5.74, 6) is 9.31. The average Bonchev–Trinajstić information content (AvgIpc) is 2.80. The molecule has 0 saturated carbocycles. The molecule has 0 bridgehead atoms. The molecule has 3 N–H and O–H groups in total. The minimum atomic E-state index is 0.220. The van der Waals surface area contributed by atoms with Gasteiger partial charge in [0.1, 0.15) is 0 Å². The maximum atomic E-state index is 5.68. The van der Waals surface area contributed by atoms with Gasteiger partial charge in [-0.15, -0.1) is 0 Å². The van der Waals surface area contributed by atoms with E-state index in [2.05, 4.69) is 23.6 Å². The number of nitrogens with one attached hydrogen (secondary N) is 1. The van der Waals surface area contributed by atoms with Gasteiger partial charge in [0.2, 0.25) is 0 Å². The molecule has 0 aromatic carbocycles. The first-order valence-electron chi connectivity index (χ1n) is 5.53. The van der Waals surface area contributed by atoms with Crippen molar-refractivity contribution in [1.29, 1.82) is 0 Å². The predicted molar refractivity (Wildman–Crippen MR) is 71.5 cm³/mol. The molecule has 6 heteroatoms. The van der Waals surface area contributed by atoms with Gasteiger partial charge in [-0.05, 0) is 6.92 Å². The van der Waals surface area contributed by atoms with E-state index in [1.54, 1.807) is 0 Å². The lowest BCUT2D eigenvalue weighted by molar-refractivity contribution is 0.551. The average molecular weight is 258 g/mol. The van der Waals surface area contributed by atoms with Gasteiger partial charge in [-0.3, -0.25) is 16.0 Å². The molecule has 2 atom stereocenters. The SMILES string of the molecule is CCn1cc(C(NN)C2CSCCS2)cn1. The van der Waals surface area contributed by atoms with Gasteiger partial charge in [-0.25, -0.2) is 0 Å². The second kappa shape index (κ2) is 5.95.